The van der Waals surface area contributed by atoms with Gasteiger partial charge in [0.15, 0.2) is 0 Å². The molecule has 6 aromatic carbocycles. The molecule has 1 aromatic heterocycles. The lowest BCUT2D eigenvalue weighted by atomic mass is 9.66. The molecule has 2 heteroatoms. The Morgan fingerprint density at radius 2 is 1.08 bits per heavy atom. The molecule has 1 atom stereocenters. The predicted octanol–water partition coefficient (Wildman–Crippen LogP) is 10.4. The average Bonchev–Trinajstić information content (AvgIpc) is 3.48. The first-order chi connectivity index (χ1) is 19.3. The van der Waals surface area contributed by atoms with E-state index in [1.54, 1.807) is 0 Å². The quantitative estimate of drug-likeness (QED) is 0.180. The Morgan fingerprint density at radius 1 is 0.462 bits per heavy atom. The van der Waals surface area contributed by atoms with E-state index in [2.05, 4.69) is 137 Å². The van der Waals surface area contributed by atoms with E-state index in [9.17, 15) is 0 Å². The number of benzene rings is 6. The number of hydrogen-bond acceptors (Lipinski definition) is 1. The zero-order valence-corrected chi connectivity index (χ0v) is 22.5. The third-order valence-electron chi connectivity index (χ3n) is 8.78. The number of rotatable bonds is 0. The van der Waals surface area contributed by atoms with Crippen LogP contribution in [-0.4, -0.2) is 0 Å². The van der Waals surface area contributed by atoms with Gasteiger partial charge >= 0.3 is 0 Å². The lowest BCUT2D eigenvalue weighted by Gasteiger charge is -2.35. The van der Waals surface area contributed by atoms with Crippen LogP contribution in [0, 0.1) is 0 Å². The van der Waals surface area contributed by atoms with Crippen LogP contribution in [0.1, 0.15) is 22.3 Å². The number of halogens is 1. The van der Waals surface area contributed by atoms with Crippen LogP contribution < -0.4 is 0 Å². The van der Waals surface area contributed by atoms with Crippen LogP contribution >= 0.6 is 15.9 Å². The lowest BCUT2D eigenvalue weighted by Crippen LogP contribution is -2.29. The molecule has 0 N–H and O–H groups in total. The highest BCUT2D eigenvalue weighted by Gasteiger charge is 2.50. The maximum Gasteiger partial charge on any atom is 0.143 e. The van der Waals surface area contributed by atoms with Crippen molar-refractivity contribution in [3.8, 4) is 33.4 Å². The van der Waals surface area contributed by atoms with E-state index in [-0.39, 0.29) is 0 Å². The van der Waals surface area contributed by atoms with Gasteiger partial charge in [-0.2, -0.15) is 0 Å². The summed E-state index contributed by atoms with van der Waals surface area (Å²) in [7, 11) is 0. The molecule has 0 radical (unpaired) electrons. The van der Waals surface area contributed by atoms with Crippen LogP contribution in [0.3, 0.4) is 0 Å². The third-order valence-corrected chi connectivity index (χ3v) is 9.27. The molecule has 182 valence electrons. The molecule has 2 aliphatic rings. The average molecular weight is 561 g/mol. The van der Waals surface area contributed by atoms with Crippen molar-refractivity contribution in [1.82, 2.24) is 0 Å². The third kappa shape index (κ3) is 2.60. The maximum atomic E-state index is 6.67. The molecule has 1 spiro atoms. The molecule has 1 heterocycles. The van der Waals surface area contributed by atoms with Crippen LogP contribution in [0.2, 0.25) is 0 Å². The summed E-state index contributed by atoms with van der Waals surface area (Å²) in [6, 6.07) is 46.5. The van der Waals surface area contributed by atoms with Gasteiger partial charge < -0.3 is 4.42 Å². The SMILES string of the molecule is Brc1ccc2c(c1)C1(c3ccccc3-c3ccccc3-2)c2ccccc2-c2c1ccc1c2oc2ccccc21. The molecule has 9 rings (SSSR count). The van der Waals surface area contributed by atoms with Crippen molar-refractivity contribution in [2.45, 2.75) is 5.41 Å². The van der Waals surface area contributed by atoms with Crippen molar-refractivity contribution < 1.29 is 4.42 Å². The monoisotopic (exact) mass is 560 g/mol. The van der Waals surface area contributed by atoms with Crippen molar-refractivity contribution in [3.63, 3.8) is 0 Å². The molecule has 7 aromatic rings. The number of para-hydroxylation sites is 1. The summed E-state index contributed by atoms with van der Waals surface area (Å²) < 4.78 is 7.75. The minimum atomic E-state index is -0.506. The molecule has 0 fully saturated rings. The first-order valence-corrected chi connectivity index (χ1v) is 14.1. The molecule has 1 unspecified atom stereocenters. The standard InChI is InChI=1S/C37H21BrO/c38-22-17-18-26-24-10-2-1-9-23(24)25-11-3-6-14-30(25)37(33(26)21-22)31-15-7-4-13-29(31)35-32(37)20-19-28-27-12-5-8-16-34(27)39-36(28)35/h1-21H. The van der Waals surface area contributed by atoms with Gasteiger partial charge in [-0.15, -0.1) is 0 Å². The van der Waals surface area contributed by atoms with E-state index in [0.29, 0.717) is 0 Å². The summed E-state index contributed by atoms with van der Waals surface area (Å²) in [5.74, 6) is 0. The van der Waals surface area contributed by atoms with Crippen molar-refractivity contribution in [2.24, 2.45) is 0 Å². The van der Waals surface area contributed by atoms with E-state index in [1.807, 2.05) is 6.07 Å². The van der Waals surface area contributed by atoms with E-state index in [1.165, 1.54) is 55.6 Å². The topological polar surface area (TPSA) is 13.1 Å². The highest BCUT2D eigenvalue weighted by Crippen LogP contribution is 2.63. The molecule has 0 bridgehead atoms. The Balaban J connectivity index is 1.55. The highest BCUT2D eigenvalue weighted by molar-refractivity contribution is 9.10. The molecule has 0 amide bonds. The molecule has 1 nitrogen and oxygen atoms in total. The summed E-state index contributed by atoms with van der Waals surface area (Å²) in [5, 5.41) is 2.32. The van der Waals surface area contributed by atoms with Crippen LogP contribution in [0.15, 0.2) is 136 Å². The van der Waals surface area contributed by atoms with Crippen LogP contribution in [0.5, 0.6) is 0 Å². The maximum absolute atomic E-state index is 6.67. The second-order valence-electron chi connectivity index (χ2n) is 10.5. The Morgan fingerprint density at radius 3 is 1.87 bits per heavy atom. The van der Waals surface area contributed by atoms with E-state index >= 15 is 0 Å². The van der Waals surface area contributed by atoms with E-state index in [0.717, 1.165) is 26.4 Å². The molecule has 0 saturated carbocycles. The molecular formula is C37H21BrO. The Kier molecular flexibility index (Phi) is 4.19. The lowest BCUT2D eigenvalue weighted by molar-refractivity contribution is 0.669. The van der Waals surface area contributed by atoms with Crippen LogP contribution in [-0.2, 0) is 5.41 Å². The Labute approximate surface area is 234 Å². The van der Waals surface area contributed by atoms with E-state index in [4.69, 9.17) is 4.42 Å². The van der Waals surface area contributed by atoms with Gasteiger partial charge in [0.2, 0.25) is 0 Å². The zero-order valence-electron chi connectivity index (χ0n) is 20.9. The molecule has 0 aliphatic heterocycles. The van der Waals surface area contributed by atoms with Gasteiger partial charge in [0.1, 0.15) is 11.2 Å². The minimum absolute atomic E-state index is 0.506. The Bertz CT molecular complexity index is 2150. The largest absolute Gasteiger partial charge is 0.455 e. The highest BCUT2D eigenvalue weighted by atomic mass is 79.9. The fourth-order valence-corrected chi connectivity index (χ4v) is 7.69. The van der Waals surface area contributed by atoms with Crippen molar-refractivity contribution in [2.75, 3.05) is 0 Å². The first kappa shape index (κ1) is 21.5. The van der Waals surface area contributed by atoms with Gasteiger partial charge in [-0.3, -0.25) is 0 Å². The summed E-state index contributed by atoms with van der Waals surface area (Å²) in [6.45, 7) is 0. The van der Waals surface area contributed by atoms with Gasteiger partial charge in [0, 0.05) is 20.8 Å². The van der Waals surface area contributed by atoms with Crippen molar-refractivity contribution in [1.29, 1.82) is 0 Å². The fourth-order valence-electron chi connectivity index (χ4n) is 7.33. The zero-order chi connectivity index (χ0) is 25.7. The minimum Gasteiger partial charge on any atom is -0.455 e. The summed E-state index contributed by atoms with van der Waals surface area (Å²) >= 11 is 3.85. The predicted molar refractivity (Wildman–Crippen MR) is 163 cm³/mol. The molecule has 39 heavy (non-hydrogen) atoms. The molecule has 2 aliphatic carbocycles. The second-order valence-corrected chi connectivity index (χ2v) is 11.5. The summed E-state index contributed by atoms with van der Waals surface area (Å²) in [6.07, 6.45) is 0. The molecule has 0 saturated heterocycles. The van der Waals surface area contributed by atoms with Crippen molar-refractivity contribution >= 4 is 37.9 Å². The van der Waals surface area contributed by atoms with Gasteiger partial charge in [-0.1, -0.05) is 125 Å². The fraction of sp³-hybridized carbons (Fsp3) is 0.0270. The summed E-state index contributed by atoms with van der Waals surface area (Å²) in [5.41, 5.74) is 14.1. The van der Waals surface area contributed by atoms with Gasteiger partial charge in [-0.25, -0.2) is 0 Å². The van der Waals surface area contributed by atoms with Gasteiger partial charge in [0.25, 0.3) is 0 Å². The van der Waals surface area contributed by atoms with E-state index < -0.39 is 5.41 Å². The summed E-state index contributed by atoms with van der Waals surface area (Å²) in [4.78, 5) is 0. The number of fused-ring (bicyclic) bond motifs is 16. The van der Waals surface area contributed by atoms with Gasteiger partial charge in [0.05, 0.1) is 5.41 Å². The smallest absolute Gasteiger partial charge is 0.143 e. The first-order valence-electron chi connectivity index (χ1n) is 13.3. The number of hydrogen-bond donors (Lipinski definition) is 0. The Hall–Kier alpha value is -4.40. The number of furan rings is 1. The second kappa shape index (κ2) is 7.59. The molecular weight excluding hydrogens is 540 g/mol. The van der Waals surface area contributed by atoms with Gasteiger partial charge in [-0.05, 0) is 68.3 Å². The van der Waals surface area contributed by atoms with Crippen LogP contribution in [0.25, 0.3) is 55.3 Å². The normalized spacial score (nSPS) is 16.4. The van der Waals surface area contributed by atoms with Crippen LogP contribution in [0.4, 0.5) is 0 Å². The van der Waals surface area contributed by atoms with Crippen molar-refractivity contribution in [3.05, 3.63) is 154 Å².